The summed E-state index contributed by atoms with van der Waals surface area (Å²) in [7, 11) is 0. The molecule has 1 saturated carbocycles. The molecule has 0 spiro atoms. The van der Waals surface area contributed by atoms with Gasteiger partial charge in [0, 0.05) is 30.7 Å². The molecule has 0 unspecified atom stereocenters. The maximum atomic E-state index is 13.1. The van der Waals surface area contributed by atoms with Gasteiger partial charge in [0.15, 0.2) is 0 Å². The molecular weight excluding hydrogens is 355 g/mol. The zero-order valence-electron chi connectivity index (χ0n) is 15.8. The van der Waals surface area contributed by atoms with Crippen molar-refractivity contribution in [2.75, 3.05) is 19.7 Å². The molecule has 3 aliphatic rings. The molecule has 4 nitrogen and oxygen atoms in total. The van der Waals surface area contributed by atoms with Crippen LogP contribution in [-0.2, 0) is 4.74 Å². The highest BCUT2D eigenvalue weighted by molar-refractivity contribution is 5.94. The van der Waals surface area contributed by atoms with E-state index in [0.29, 0.717) is 17.7 Å². The molecule has 2 aliphatic heterocycles. The topological polar surface area (TPSA) is 41.6 Å². The van der Waals surface area contributed by atoms with Crippen LogP contribution in [0.1, 0.15) is 29.6 Å². The summed E-state index contributed by atoms with van der Waals surface area (Å²) in [5.41, 5.74) is 2.56. The molecule has 3 atom stereocenters. The van der Waals surface area contributed by atoms with Crippen LogP contribution < -0.4 is 5.32 Å². The number of hydrogen-bond acceptors (Lipinski definition) is 3. The molecule has 0 aromatic heterocycles. The summed E-state index contributed by atoms with van der Waals surface area (Å²) in [4.78, 5) is 15.2. The van der Waals surface area contributed by atoms with Gasteiger partial charge in [0.05, 0.1) is 12.7 Å². The maximum absolute atomic E-state index is 13.1. The SMILES string of the molecule is O=C(N[C@@H]1C[C@H]2CO[C@@H](C3CC3)CN2C1)c1ccc(-c2ccc(F)cc2)cc1. The minimum absolute atomic E-state index is 0.0323. The highest BCUT2D eigenvalue weighted by atomic mass is 19.1. The summed E-state index contributed by atoms with van der Waals surface area (Å²) in [5.74, 6) is 0.478. The van der Waals surface area contributed by atoms with Gasteiger partial charge in [-0.25, -0.2) is 4.39 Å². The van der Waals surface area contributed by atoms with E-state index in [9.17, 15) is 9.18 Å². The van der Waals surface area contributed by atoms with Crippen LogP contribution in [0.4, 0.5) is 4.39 Å². The lowest BCUT2D eigenvalue weighted by Crippen LogP contribution is -2.47. The predicted molar refractivity (Wildman–Crippen MR) is 106 cm³/mol. The smallest absolute Gasteiger partial charge is 0.251 e. The van der Waals surface area contributed by atoms with E-state index in [2.05, 4.69) is 10.2 Å². The minimum Gasteiger partial charge on any atom is -0.375 e. The van der Waals surface area contributed by atoms with Crippen molar-refractivity contribution in [1.29, 1.82) is 0 Å². The Balaban J connectivity index is 1.19. The number of morpholine rings is 1. The first-order valence-electron chi connectivity index (χ1n) is 10.2. The van der Waals surface area contributed by atoms with E-state index >= 15 is 0 Å². The Bertz CT molecular complexity index is 848. The van der Waals surface area contributed by atoms with Crippen molar-refractivity contribution >= 4 is 5.91 Å². The normalized spacial score (nSPS) is 27.4. The first kappa shape index (κ1) is 17.8. The van der Waals surface area contributed by atoms with Gasteiger partial charge in [0.25, 0.3) is 5.91 Å². The molecule has 3 fully saturated rings. The number of hydrogen-bond donors (Lipinski definition) is 1. The first-order valence-corrected chi connectivity index (χ1v) is 10.2. The maximum Gasteiger partial charge on any atom is 0.251 e. The number of rotatable bonds is 4. The molecule has 2 aromatic rings. The number of fused-ring (bicyclic) bond motifs is 1. The lowest BCUT2D eigenvalue weighted by molar-refractivity contribution is -0.0581. The van der Waals surface area contributed by atoms with Gasteiger partial charge in [-0.2, -0.15) is 0 Å². The fraction of sp³-hybridized carbons (Fsp3) is 0.435. The zero-order valence-corrected chi connectivity index (χ0v) is 15.8. The molecule has 5 heteroatoms. The number of carbonyl (C=O) groups excluding carboxylic acids is 1. The van der Waals surface area contributed by atoms with Crippen LogP contribution in [0.15, 0.2) is 48.5 Å². The molecule has 1 aliphatic carbocycles. The summed E-state index contributed by atoms with van der Waals surface area (Å²) in [6.07, 6.45) is 3.95. The number of benzene rings is 2. The molecule has 2 saturated heterocycles. The third-order valence-electron chi connectivity index (χ3n) is 6.25. The highest BCUT2D eigenvalue weighted by Gasteiger charge is 2.42. The molecule has 0 radical (unpaired) electrons. The number of nitrogens with zero attached hydrogens (tertiary/aromatic N) is 1. The van der Waals surface area contributed by atoms with E-state index in [1.165, 1.54) is 25.0 Å². The summed E-state index contributed by atoms with van der Waals surface area (Å²) < 4.78 is 19.1. The molecule has 0 bridgehead atoms. The van der Waals surface area contributed by atoms with E-state index < -0.39 is 0 Å². The average molecular weight is 380 g/mol. The van der Waals surface area contributed by atoms with Crippen molar-refractivity contribution < 1.29 is 13.9 Å². The fourth-order valence-corrected chi connectivity index (χ4v) is 4.48. The molecule has 5 rings (SSSR count). The number of carbonyl (C=O) groups is 1. The third kappa shape index (κ3) is 3.69. The molecular formula is C23H25FN2O2. The monoisotopic (exact) mass is 380 g/mol. The van der Waals surface area contributed by atoms with Crippen molar-refractivity contribution in [3.05, 3.63) is 59.9 Å². The molecule has 2 aromatic carbocycles. The van der Waals surface area contributed by atoms with Crippen LogP contribution >= 0.6 is 0 Å². The van der Waals surface area contributed by atoms with E-state index in [4.69, 9.17) is 4.74 Å². The van der Waals surface area contributed by atoms with Crippen molar-refractivity contribution in [2.24, 2.45) is 5.92 Å². The Kier molecular flexibility index (Phi) is 4.65. The quantitative estimate of drug-likeness (QED) is 0.883. The van der Waals surface area contributed by atoms with E-state index in [1.807, 2.05) is 24.3 Å². The number of nitrogens with one attached hydrogen (secondary N) is 1. The van der Waals surface area contributed by atoms with Gasteiger partial charge in [-0.3, -0.25) is 9.69 Å². The molecule has 28 heavy (non-hydrogen) atoms. The van der Waals surface area contributed by atoms with Gasteiger partial charge in [0.1, 0.15) is 5.82 Å². The summed E-state index contributed by atoms with van der Waals surface area (Å²) in [6.45, 7) is 2.71. The van der Waals surface area contributed by atoms with Crippen LogP contribution in [0, 0.1) is 11.7 Å². The molecule has 146 valence electrons. The second-order valence-electron chi connectivity index (χ2n) is 8.31. The van der Waals surface area contributed by atoms with Crippen molar-refractivity contribution in [3.63, 3.8) is 0 Å². The predicted octanol–water partition coefficient (Wildman–Crippen LogP) is 3.47. The van der Waals surface area contributed by atoms with Gasteiger partial charge in [-0.1, -0.05) is 24.3 Å². The first-order chi connectivity index (χ1) is 13.7. The highest BCUT2D eigenvalue weighted by Crippen LogP contribution is 2.37. The van der Waals surface area contributed by atoms with Gasteiger partial charge in [0.2, 0.25) is 0 Å². The van der Waals surface area contributed by atoms with E-state index in [1.54, 1.807) is 12.1 Å². The van der Waals surface area contributed by atoms with Crippen molar-refractivity contribution in [2.45, 2.75) is 37.5 Å². The van der Waals surface area contributed by atoms with Crippen molar-refractivity contribution in [1.82, 2.24) is 10.2 Å². The lowest BCUT2D eigenvalue weighted by Gasteiger charge is -2.35. The van der Waals surface area contributed by atoms with Crippen LogP contribution in [0.3, 0.4) is 0 Å². The standard InChI is InChI=1S/C23H25FN2O2/c24-19-9-7-16(8-10-19)15-1-5-18(6-2-15)23(27)25-20-11-21-14-28-22(17-3-4-17)13-26(21)12-20/h1-2,5-10,17,20-22H,3-4,11-14H2,(H,25,27)/t20-,21+,22-/m1/s1. The lowest BCUT2D eigenvalue weighted by atomic mass is 10.0. The number of amides is 1. The second-order valence-corrected chi connectivity index (χ2v) is 8.31. The summed E-state index contributed by atoms with van der Waals surface area (Å²) in [6, 6.07) is 14.5. The zero-order chi connectivity index (χ0) is 19.1. The Morgan fingerprint density at radius 3 is 2.36 bits per heavy atom. The Morgan fingerprint density at radius 2 is 1.68 bits per heavy atom. The Morgan fingerprint density at radius 1 is 1.00 bits per heavy atom. The second kappa shape index (κ2) is 7.30. The number of ether oxygens (including phenoxy) is 1. The molecule has 2 heterocycles. The van der Waals surface area contributed by atoms with Crippen LogP contribution in [0.5, 0.6) is 0 Å². The molecule has 1 amide bonds. The third-order valence-corrected chi connectivity index (χ3v) is 6.25. The summed E-state index contributed by atoms with van der Waals surface area (Å²) >= 11 is 0. The van der Waals surface area contributed by atoms with Gasteiger partial charge in [-0.15, -0.1) is 0 Å². The Labute approximate surface area is 164 Å². The Hall–Kier alpha value is -2.24. The van der Waals surface area contributed by atoms with Crippen molar-refractivity contribution in [3.8, 4) is 11.1 Å². The van der Waals surface area contributed by atoms with Crippen LogP contribution in [0.2, 0.25) is 0 Å². The number of halogens is 1. The minimum atomic E-state index is -0.249. The van der Waals surface area contributed by atoms with Gasteiger partial charge >= 0.3 is 0 Å². The van der Waals surface area contributed by atoms with Gasteiger partial charge < -0.3 is 10.1 Å². The average Bonchev–Trinajstić information content (AvgIpc) is 3.48. The molecule has 1 N–H and O–H groups in total. The fourth-order valence-electron chi connectivity index (χ4n) is 4.48. The van der Waals surface area contributed by atoms with Crippen LogP contribution in [-0.4, -0.2) is 48.7 Å². The van der Waals surface area contributed by atoms with Gasteiger partial charge in [-0.05, 0) is 60.6 Å². The summed E-state index contributed by atoms with van der Waals surface area (Å²) in [5, 5.41) is 3.19. The largest absolute Gasteiger partial charge is 0.375 e. The van der Waals surface area contributed by atoms with E-state index in [-0.39, 0.29) is 17.8 Å². The van der Waals surface area contributed by atoms with E-state index in [0.717, 1.165) is 43.2 Å². The van der Waals surface area contributed by atoms with Crippen LogP contribution in [0.25, 0.3) is 11.1 Å².